The van der Waals surface area contributed by atoms with Gasteiger partial charge in [-0.25, -0.2) is 8.42 Å². The molecule has 2 amide bonds. The Morgan fingerprint density at radius 1 is 1.17 bits per heavy atom. The second kappa shape index (κ2) is 9.55. The SMILES string of the molecule is O=C(CNC(=O)C1CCCN(S(=O)(=O)c2ccc(Br)cc2)C1)NCc1ccco1. The minimum Gasteiger partial charge on any atom is -0.467 e. The molecule has 1 aromatic heterocycles. The van der Waals surface area contributed by atoms with Crippen molar-refractivity contribution in [1.82, 2.24) is 14.9 Å². The van der Waals surface area contributed by atoms with E-state index in [1.165, 1.54) is 22.7 Å². The summed E-state index contributed by atoms with van der Waals surface area (Å²) in [7, 11) is -3.67. The lowest BCUT2D eigenvalue weighted by Gasteiger charge is -2.31. The summed E-state index contributed by atoms with van der Waals surface area (Å²) in [5.41, 5.74) is 0. The summed E-state index contributed by atoms with van der Waals surface area (Å²) in [6.45, 7) is 0.532. The Balaban J connectivity index is 1.52. The Morgan fingerprint density at radius 2 is 1.93 bits per heavy atom. The molecule has 0 saturated carbocycles. The minimum atomic E-state index is -3.67. The highest BCUT2D eigenvalue weighted by atomic mass is 79.9. The van der Waals surface area contributed by atoms with Gasteiger partial charge in [-0.3, -0.25) is 9.59 Å². The van der Waals surface area contributed by atoms with Gasteiger partial charge in [0, 0.05) is 17.6 Å². The standard InChI is InChI=1S/C19H22BrN3O5S/c20-15-5-7-17(8-6-15)29(26,27)23-9-1-3-14(13-23)19(25)22-12-18(24)21-11-16-4-2-10-28-16/h2,4-8,10,14H,1,3,9,11-13H2,(H,21,24)(H,22,25). The molecule has 156 valence electrons. The van der Waals surface area contributed by atoms with Crippen molar-refractivity contribution >= 4 is 37.8 Å². The first-order valence-electron chi connectivity index (χ1n) is 9.19. The first-order chi connectivity index (χ1) is 13.9. The maximum Gasteiger partial charge on any atom is 0.243 e. The molecule has 1 fully saturated rings. The number of piperidine rings is 1. The van der Waals surface area contributed by atoms with E-state index in [1.807, 2.05) is 0 Å². The van der Waals surface area contributed by atoms with Gasteiger partial charge in [0.2, 0.25) is 21.8 Å². The number of benzene rings is 1. The van der Waals surface area contributed by atoms with E-state index in [-0.39, 0.29) is 36.3 Å². The van der Waals surface area contributed by atoms with Gasteiger partial charge in [0.25, 0.3) is 0 Å². The van der Waals surface area contributed by atoms with Crippen LogP contribution in [0.4, 0.5) is 0 Å². The maximum atomic E-state index is 12.8. The second-order valence-corrected chi connectivity index (χ2v) is 9.58. The monoisotopic (exact) mass is 483 g/mol. The molecule has 10 heteroatoms. The van der Waals surface area contributed by atoms with E-state index in [9.17, 15) is 18.0 Å². The molecule has 1 atom stereocenters. The quantitative estimate of drug-likeness (QED) is 0.624. The fourth-order valence-corrected chi connectivity index (χ4v) is 4.89. The van der Waals surface area contributed by atoms with E-state index in [0.717, 1.165) is 4.47 Å². The normalized spacial score (nSPS) is 17.6. The van der Waals surface area contributed by atoms with Crippen LogP contribution in [0.15, 0.2) is 56.4 Å². The molecule has 0 spiro atoms. The summed E-state index contributed by atoms with van der Waals surface area (Å²) in [6.07, 6.45) is 2.67. The molecule has 1 unspecified atom stereocenters. The number of carbonyl (C=O) groups excluding carboxylic acids is 2. The molecule has 0 bridgehead atoms. The Hall–Kier alpha value is -2.17. The Kier molecular flexibility index (Phi) is 7.09. The van der Waals surface area contributed by atoms with Crippen LogP contribution in [-0.2, 0) is 26.2 Å². The first-order valence-corrected chi connectivity index (χ1v) is 11.4. The van der Waals surface area contributed by atoms with Gasteiger partial charge in [-0.2, -0.15) is 4.31 Å². The third-order valence-electron chi connectivity index (χ3n) is 4.67. The third kappa shape index (κ3) is 5.68. The summed E-state index contributed by atoms with van der Waals surface area (Å²) in [5, 5.41) is 5.24. The number of amides is 2. The zero-order chi connectivity index (χ0) is 20.9. The Labute approximate surface area is 177 Å². The predicted molar refractivity (Wildman–Crippen MR) is 109 cm³/mol. The van der Waals surface area contributed by atoms with Gasteiger partial charge in [0.05, 0.1) is 30.2 Å². The molecule has 1 aliphatic rings. The van der Waals surface area contributed by atoms with Crippen molar-refractivity contribution < 1.29 is 22.4 Å². The van der Waals surface area contributed by atoms with Crippen LogP contribution in [0, 0.1) is 5.92 Å². The van der Waals surface area contributed by atoms with Crippen LogP contribution in [0.2, 0.25) is 0 Å². The maximum absolute atomic E-state index is 12.8. The summed E-state index contributed by atoms with van der Waals surface area (Å²) in [4.78, 5) is 24.5. The van der Waals surface area contributed by atoms with Crippen molar-refractivity contribution in [3.8, 4) is 0 Å². The summed E-state index contributed by atoms with van der Waals surface area (Å²) < 4.78 is 32.9. The van der Waals surface area contributed by atoms with E-state index < -0.39 is 15.9 Å². The number of hydrogen-bond acceptors (Lipinski definition) is 5. The molecule has 0 radical (unpaired) electrons. The van der Waals surface area contributed by atoms with E-state index in [4.69, 9.17) is 4.42 Å². The van der Waals surface area contributed by atoms with Crippen molar-refractivity contribution in [3.63, 3.8) is 0 Å². The average molecular weight is 484 g/mol. The minimum absolute atomic E-state index is 0.0955. The molecule has 2 heterocycles. The molecule has 3 rings (SSSR count). The first kappa shape index (κ1) is 21.5. The molecule has 0 aliphatic carbocycles. The van der Waals surface area contributed by atoms with Gasteiger partial charge in [0.15, 0.2) is 0 Å². The van der Waals surface area contributed by atoms with E-state index in [2.05, 4.69) is 26.6 Å². The molecule has 2 N–H and O–H groups in total. The zero-order valence-corrected chi connectivity index (χ0v) is 18.0. The highest BCUT2D eigenvalue weighted by Gasteiger charge is 2.33. The highest BCUT2D eigenvalue weighted by Crippen LogP contribution is 2.24. The van der Waals surface area contributed by atoms with Crippen LogP contribution in [0.5, 0.6) is 0 Å². The van der Waals surface area contributed by atoms with Crippen LogP contribution < -0.4 is 10.6 Å². The smallest absolute Gasteiger partial charge is 0.243 e. The number of nitrogens with zero attached hydrogens (tertiary/aromatic N) is 1. The number of nitrogens with one attached hydrogen (secondary N) is 2. The van der Waals surface area contributed by atoms with Crippen LogP contribution in [-0.4, -0.2) is 44.2 Å². The second-order valence-electron chi connectivity index (χ2n) is 6.73. The van der Waals surface area contributed by atoms with Crippen molar-refractivity contribution in [2.45, 2.75) is 24.3 Å². The summed E-state index contributed by atoms with van der Waals surface area (Å²) >= 11 is 3.29. The van der Waals surface area contributed by atoms with Gasteiger partial charge in [0.1, 0.15) is 5.76 Å². The number of furan rings is 1. The molecule has 1 aromatic carbocycles. The van der Waals surface area contributed by atoms with Crippen molar-refractivity contribution in [2.75, 3.05) is 19.6 Å². The summed E-state index contributed by atoms with van der Waals surface area (Å²) in [6, 6.07) is 9.87. The number of sulfonamides is 1. The third-order valence-corrected chi connectivity index (χ3v) is 7.08. The van der Waals surface area contributed by atoms with Crippen molar-refractivity contribution in [1.29, 1.82) is 0 Å². The largest absolute Gasteiger partial charge is 0.467 e. The Bertz CT molecular complexity index is 945. The molecular formula is C19H22BrN3O5S. The molecular weight excluding hydrogens is 462 g/mol. The number of halogens is 1. The van der Waals surface area contributed by atoms with Crippen LogP contribution in [0.25, 0.3) is 0 Å². The van der Waals surface area contributed by atoms with Gasteiger partial charge >= 0.3 is 0 Å². The number of rotatable bonds is 7. The lowest BCUT2D eigenvalue weighted by atomic mass is 9.99. The van der Waals surface area contributed by atoms with Gasteiger partial charge in [-0.15, -0.1) is 0 Å². The van der Waals surface area contributed by atoms with E-state index >= 15 is 0 Å². The van der Waals surface area contributed by atoms with E-state index in [1.54, 1.807) is 24.3 Å². The van der Waals surface area contributed by atoms with E-state index in [0.29, 0.717) is 25.1 Å². The zero-order valence-electron chi connectivity index (χ0n) is 15.6. The van der Waals surface area contributed by atoms with Gasteiger partial charge < -0.3 is 15.1 Å². The highest BCUT2D eigenvalue weighted by molar-refractivity contribution is 9.10. The topological polar surface area (TPSA) is 109 Å². The van der Waals surface area contributed by atoms with Gasteiger partial charge in [-0.05, 0) is 49.2 Å². The molecule has 1 saturated heterocycles. The van der Waals surface area contributed by atoms with Crippen LogP contribution in [0.3, 0.4) is 0 Å². The summed E-state index contributed by atoms with van der Waals surface area (Å²) in [5.74, 6) is -0.545. The van der Waals surface area contributed by atoms with Gasteiger partial charge in [-0.1, -0.05) is 15.9 Å². The predicted octanol–water partition coefficient (Wildman–Crippen LogP) is 1.88. The lowest BCUT2D eigenvalue weighted by Crippen LogP contribution is -2.47. The Morgan fingerprint density at radius 3 is 2.62 bits per heavy atom. The van der Waals surface area contributed by atoms with Crippen LogP contribution >= 0.6 is 15.9 Å². The fraction of sp³-hybridized carbons (Fsp3) is 0.368. The molecule has 1 aliphatic heterocycles. The van der Waals surface area contributed by atoms with Crippen molar-refractivity contribution in [3.05, 3.63) is 52.9 Å². The number of hydrogen-bond donors (Lipinski definition) is 2. The molecule has 29 heavy (non-hydrogen) atoms. The van der Waals surface area contributed by atoms with Crippen LogP contribution in [0.1, 0.15) is 18.6 Å². The lowest BCUT2D eigenvalue weighted by molar-refractivity contribution is -0.129. The number of carbonyl (C=O) groups is 2. The molecule has 2 aromatic rings. The average Bonchev–Trinajstić information content (AvgIpc) is 3.24. The van der Waals surface area contributed by atoms with Crippen molar-refractivity contribution in [2.24, 2.45) is 5.92 Å². The molecule has 8 nitrogen and oxygen atoms in total. The fourth-order valence-electron chi connectivity index (χ4n) is 3.10.